The molecule has 1 heterocycles. The molecule has 2 atom stereocenters. The van der Waals surface area contributed by atoms with E-state index in [0.717, 1.165) is 38.8 Å². The third-order valence-electron chi connectivity index (χ3n) is 4.44. The van der Waals surface area contributed by atoms with E-state index in [9.17, 15) is 13.6 Å². The Labute approximate surface area is 141 Å². The van der Waals surface area contributed by atoms with E-state index in [-0.39, 0.29) is 30.2 Å². The van der Waals surface area contributed by atoms with Crippen LogP contribution >= 0.6 is 12.4 Å². The maximum Gasteiger partial charge on any atom is 0.223 e. The van der Waals surface area contributed by atoms with Crippen LogP contribution in [0, 0.1) is 17.6 Å². The highest BCUT2D eigenvalue weighted by molar-refractivity contribution is 5.85. The summed E-state index contributed by atoms with van der Waals surface area (Å²) < 4.78 is 26.1. The van der Waals surface area contributed by atoms with Crippen molar-refractivity contribution in [2.45, 2.75) is 12.3 Å². The van der Waals surface area contributed by atoms with Gasteiger partial charge in [0.2, 0.25) is 5.91 Å². The number of carbonyl (C=O) groups excluding carboxylic acids is 1. The monoisotopic (exact) mass is 345 g/mol. The van der Waals surface area contributed by atoms with Gasteiger partial charge < -0.3 is 10.6 Å². The van der Waals surface area contributed by atoms with Gasteiger partial charge in [0.15, 0.2) is 11.6 Å². The van der Waals surface area contributed by atoms with Crippen LogP contribution < -0.4 is 10.6 Å². The second-order valence-corrected chi connectivity index (χ2v) is 6.00. The number of piperazine rings is 1. The summed E-state index contributed by atoms with van der Waals surface area (Å²) in [6.07, 6.45) is 0.713. The summed E-state index contributed by atoms with van der Waals surface area (Å²) in [7, 11) is 0. The van der Waals surface area contributed by atoms with Crippen molar-refractivity contribution in [1.82, 2.24) is 15.5 Å². The second kappa shape index (κ2) is 8.04. The summed E-state index contributed by atoms with van der Waals surface area (Å²) in [6.45, 7) is 5.51. The summed E-state index contributed by atoms with van der Waals surface area (Å²) in [6, 6.07) is 3.90. The molecule has 0 aromatic heterocycles. The lowest BCUT2D eigenvalue weighted by Gasteiger charge is -2.27. The number of amides is 1. The highest BCUT2D eigenvalue weighted by Crippen LogP contribution is 2.47. The molecular formula is C16H22ClF2N3O. The number of nitrogens with one attached hydrogen (secondary N) is 2. The summed E-state index contributed by atoms with van der Waals surface area (Å²) >= 11 is 0. The molecule has 0 bridgehead atoms. The lowest BCUT2D eigenvalue weighted by molar-refractivity contribution is -0.122. The highest BCUT2D eigenvalue weighted by atomic mass is 35.5. The molecule has 1 aromatic carbocycles. The lowest BCUT2D eigenvalue weighted by Crippen LogP contribution is -2.46. The molecule has 1 aliphatic heterocycles. The van der Waals surface area contributed by atoms with E-state index in [1.807, 2.05) is 0 Å². The normalized spacial score (nSPS) is 23.9. The first-order valence-corrected chi connectivity index (χ1v) is 7.81. The third kappa shape index (κ3) is 4.62. The molecule has 0 radical (unpaired) electrons. The Morgan fingerprint density at radius 1 is 1.26 bits per heavy atom. The number of benzene rings is 1. The molecule has 2 unspecified atom stereocenters. The Bertz CT molecular complexity index is 552. The van der Waals surface area contributed by atoms with Gasteiger partial charge in [-0.05, 0) is 30.0 Å². The summed E-state index contributed by atoms with van der Waals surface area (Å²) in [4.78, 5) is 14.4. The van der Waals surface area contributed by atoms with Crippen LogP contribution in [0.1, 0.15) is 17.9 Å². The van der Waals surface area contributed by atoms with Gasteiger partial charge in [-0.3, -0.25) is 9.69 Å². The van der Waals surface area contributed by atoms with Crippen molar-refractivity contribution in [1.29, 1.82) is 0 Å². The number of hydrogen-bond acceptors (Lipinski definition) is 3. The predicted molar refractivity (Wildman–Crippen MR) is 86.8 cm³/mol. The number of hydrogen-bond donors (Lipinski definition) is 2. The first-order chi connectivity index (χ1) is 10.6. The molecule has 2 fully saturated rings. The van der Waals surface area contributed by atoms with Crippen molar-refractivity contribution in [3.8, 4) is 0 Å². The molecule has 4 nitrogen and oxygen atoms in total. The van der Waals surface area contributed by atoms with Crippen LogP contribution in [-0.4, -0.2) is 50.1 Å². The Kier molecular flexibility index (Phi) is 6.33. The average Bonchev–Trinajstić information content (AvgIpc) is 3.32. The molecule has 1 saturated heterocycles. The van der Waals surface area contributed by atoms with E-state index >= 15 is 0 Å². The third-order valence-corrected chi connectivity index (χ3v) is 4.44. The molecule has 2 N–H and O–H groups in total. The van der Waals surface area contributed by atoms with Crippen LogP contribution in [0.2, 0.25) is 0 Å². The standard InChI is InChI=1S/C16H21F2N3O.ClH/c17-14-2-1-11(9-15(14)18)12-10-13(12)16(22)20-5-8-21-6-3-19-4-7-21;/h1-2,9,12-13,19H,3-8,10H2,(H,20,22);1H. The highest BCUT2D eigenvalue weighted by Gasteiger charge is 2.44. The van der Waals surface area contributed by atoms with Crippen molar-refractivity contribution in [3.63, 3.8) is 0 Å². The molecule has 2 aliphatic rings. The quantitative estimate of drug-likeness (QED) is 0.850. The van der Waals surface area contributed by atoms with Gasteiger partial charge in [0.25, 0.3) is 0 Å². The number of halogens is 3. The van der Waals surface area contributed by atoms with E-state index in [2.05, 4.69) is 15.5 Å². The van der Waals surface area contributed by atoms with Gasteiger partial charge in [0, 0.05) is 45.2 Å². The Balaban J connectivity index is 0.00000192. The van der Waals surface area contributed by atoms with E-state index in [4.69, 9.17) is 0 Å². The summed E-state index contributed by atoms with van der Waals surface area (Å²) in [5.41, 5.74) is 0.709. The Hall–Kier alpha value is -1.24. The molecule has 23 heavy (non-hydrogen) atoms. The fourth-order valence-corrected chi connectivity index (χ4v) is 3.00. The summed E-state index contributed by atoms with van der Waals surface area (Å²) in [5, 5.41) is 6.24. The van der Waals surface area contributed by atoms with Gasteiger partial charge in [-0.2, -0.15) is 0 Å². The zero-order valence-electron chi connectivity index (χ0n) is 12.9. The van der Waals surface area contributed by atoms with Gasteiger partial charge in [-0.15, -0.1) is 12.4 Å². The van der Waals surface area contributed by atoms with Crippen molar-refractivity contribution in [2.75, 3.05) is 39.3 Å². The zero-order valence-corrected chi connectivity index (χ0v) is 13.7. The topological polar surface area (TPSA) is 44.4 Å². The summed E-state index contributed by atoms with van der Waals surface area (Å²) in [5.74, 6) is -1.75. The molecule has 7 heteroatoms. The van der Waals surface area contributed by atoms with E-state index in [1.165, 1.54) is 6.07 Å². The zero-order chi connectivity index (χ0) is 15.5. The first kappa shape index (κ1) is 18.1. The van der Waals surface area contributed by atoms with Crippen molar-refractivity contribution in [2.24, 2.45) is 5.92 Å². The van der Waals surface area contributed by atoms with Gasteiger partial charge in [0.05, 0.1) is 0 Å². The fraction of sp³-hybridized carbons (Fsp3) is 0.562. The molecular weight excluding hydrogens is 324 g/mol. The van der Waals surface area contributed by atoms with Crippen LogP contribution in [0.3, 0.4) is 0 Å². The van der Waals surface area contributed by atoms with E-state index in [1.54, 1.807) is 6.07 Å². The van der Waals surface area contributed by atoms with Gasteiger partial charge in [-0.1, -0.05) is 6.07 Å². The van der Waals surface area contributed by atoms with Crippen LogP contribution in [0.4, 0.5) is 8.78 Å². The van der Waals surface area contributed by atoms with Crippen LogP contribution in [-0.2, 0) is 4.79 Å². The second-order valence-electron chi connectivity index (χ2n) is 6.00. The van der Waals surface area contributed by atoms with E-state index in [0.29, 0.717) is 18.5 Å². The molecule has 1 aliphatic carbocycles. The number of carbonyl (C=O) groups is 1. The Morgan fingerprint density at radius 3 is 2.70 bits per heavy atom. The van der Waals surface area contributed by atoms with Gasteiger partial charge in [0.1, 0.15) is 0 Å². The molecule has 3 rings (SSSR count). The minimum Gasteiger partial charge on any atom is -0.355 e. The van der Waals surface area contributed by atoms with Crippen molar-refractivity contribution < 1.29 is 13.6 Å². The van der Waals surface area contributed by atoms with Crippen LogP contribution in [0.25, 0.3) is 0 Å². The largest absolute Gasteiger partial charge is 0.355 e. The number of nitrogens with zero attached hydrogens (tertiary/aromatic N) is 1. The number of rotatable bonds is 5. The molecule has 128 valence electrons. The maximum absolute atomic E-state index is 13.2. The lowest BCUT2D eigenvalue weighted by atomic mass is 10.1. The minimum absolute atomic E-state index is 0. The predicted octanol–water partition coefficient (Wildman–Crippen LogP) is 1.51. The fourth-order valence-electron chi connectivity index (χ4n) is 3.00. The average molecular weight is 346 g/mol. The van der Waals surface area contributed by atoms with Crippen LogP contribution in [0.15, 0.2) is 18.2 Å². The van der Waals surface area contributed by atoms with E-state index < -0.39 is 11.6 Å². The SMILES string of the molecule is Cl.O=C(NCCN1CCNCC1)C1CC1c1ccc(F)c(F)c1. The van der Waals surface area contributed by atoms with Crippen molar-refractivity contribution in [3.05, 3.63) is 35.4 Å². The van der Waals surface area contributed by atoms with Crippen molar-refractivity contribution >= 4 is 18.3 Å². The van der Waals surface area contributed by atoms with Gasteiger partial charge in [-0.25, -0.2) is 8.78 Å². The smallest absolute Gasteiger partial charge is 0.223 e. The molecule has 1 aromatic rings. The minimum atomic E-state index is -0.846. The Morgan fingerprint density at radius 2 is 2.00 bits per heavy atom. The first-order valence-electron chi connectivity index (χ1n) is 7.81. The maximum atomic E-state index is 13.2. The van der Waals surface area contributed by atoms with Crippen LogP contribution in [0.5, 0.6) is 0 Å². The molecule has 1 saturated carbocycles. The molecule has 1 amide bonds. The molecule has 0 spiro atoms. The van der Waals surface area contributed by atoms with Gasteiger partial charge >= 0.3 is 0 Å².